The summed E-state index contributed by atoms with van der Waals surface area (Å²) < 4.78 is 22.9. The van der Waals surface area contributed by atoms with E-state index in [9.17, 15) is 14.0 Å². The number of carbonyl (C=O) groups excluding carboxylic acids is 1. The zero-order chi connectivity index (χ0) is 15.8. The molecule has 1 rings (SSSR count). The smallest absolute Gasteiger partial charge is 0.334 e. The van der Waals surface area contributed by atoms with Crippen molar-refractivity contribution in [2.24, 2.45) is 0 Å². The van der Waals surface area contributed by atoms with Crippen molar-refractivity contribution in [3.05, 3.63) is 35.7 Å². The van der Waals surface area contributed by atoms with E-state index in [1.165, 1.54) is 38.5 Å². The molecule has 0 bridgehead atoms. The Balaban J connectivity index is 2.58. The van der Waals surface area contributed by atoms with Gasteiger partial charge < -0.3 is 19.9 Å². The number of carbonyl (C=O) groups is 2. The number of carboxylic acid groups (broad SMARTS) is 1. The fourth-order valence-electron chi connectivity index (χ4n) is 1.48. The number of rotatable bonds is 7. The Morgan fingerprint density at radius 1 is 1.43 bits per heavy atom. The fraction of sp³-hybridized carbons (Fsp3) is 0.286. The number of aliphatic carboxylic acids is 1. The third-order valence-corrected chi connectivity index (χ3v) is 2.62. The van der Waals surface area contributed by atoms with E-state index in [-0.39, 0.29) is 12.3 Å². The van der Waals surface area contributed by atoms with Crippen LogP contribution < -0.4 is 10.1 Å². The minimum Gasteiger partial charge on any atom is -0.494 e. The van der Waals surface area contributed by atoms with Gasteiger partial charge in [-0.2, -0.15) is 0 Å². The summed E-state index contributed by atoms with van der Waals surface area (Å²) in [6.07, 6.45) is 1.47. The second kappa shape index (κ2) is 8.01. The average Bonchev–Trinajstić information content (AvgIpc) is 2.45. The topological polar surface area (TPSA) is 84.9 Å². The molecule has 2 N–H and O–H groups in total. The number of carboxylic acids is 1. The number of benzene rings is 1. The summed E-state index contributed by atoms with van der Waals surface area (Å²) in [7, 11) is 2.59. The van der Waals surface area contributed by atoms with Crippen LogP contribution in [0.25, 0.3) is 6.08 Å². The molecule has 1 atom stereocenters. The lowest BCUT2D eigenvalue weighted by atomic mass is 10.2. The van der Waals surface area contributed by atoms with Crippen LogP contribution in [0, 0.1) is 5.82 Å². The molecule has 6 nitrogen and oxygen atoms in total. The van der Waals surface area contributed by atoms with Gasteiger partial charge in [0.15, 0.2) is 17.7 Å². The molecule has 0 heterocycles. The van der Waals surface area contributed by atoms with Crippen molar-refractivity contribution in [3.63, 3.8) is 0 Å². The second-order valence-corrected chi connectivity index (χ2v) is 4.04. The van der Waals surface area contributed by atoms with Crippen LogP contribution >= 0.6 is 0 Å². The van der Waals surface area contributed by atoms with E-state index in [0.717, 1.165) is 0 Å². The molecule has 114 valence electrons. The summed E-state index contributed by atoms with van der Waals surface area (Å²) >= 11 is 0. The fourth-order valence-corrected chi connectivity index (χ4v) is 1.48. The molecular weight excluding hydrogens is 281 g/mol. The highest BCUT2D eigenvalue weighted by Crippen LogP contribution is 2.18. The van der Waals surface area contributed by atoms with Crippen molar-refractivity contribution in [3.8, 4) is 5.75 Å². The molecule has 0 aliphatic rings. The summed E-state index contributed by atoms with van der Waals surface area (Å²) in [5.41, 5.74) is 0.477. The lowest BCUT2D eigenvalue weighted by Crippen LogP contribution is -2.37. The minimum atomic E-state index is -1.17. The molecule has 0 aliphatic heterocycles. The Morgan fingerprint density at radius 2 is 2.14 bits per heavy atom. The lowest BCUT2D eigenvalue weighted by molar-refractivity contribution is -0.148. The number of hydrogen-bond donors (Lipinski definition) is 2. The highest BCUT2D eigenvalue weighted by atomic mass is 19.1. The summed E-state index contributed by atoms with van der Waals surface area (Å²) in [5.74, 6) is -2.10. The first-order valence-electron chi connectivity index (χ1n) is 6.03. The van der Waals surface area contributed by atoms with Gasteiger partial charge >= 0.3 is 5.97 Å². The maximum atomic E-state index is 13.4. The number of halogens is 1. The normalized spacial score (nSPS) is 12.1. The molecule has 0 spiro atoms. The number of methoxy groups -OCH3 is 2. The van der Waals surface area contributed by atoms with E-state index in [0.29, 0.717) is 5.56 Å². The van der Waals surface area contributed by atoms with Gasteiger partial charge in [-0.25, -0.2) is 9.18 Å². The molecule has 7 heteroatoms. The Morgan fingerprint density at radius 3 is 2.67 bits per heavy atom. The van der Waals surface area contributed by atoms with Crippen molar-refractivity contribution in [1.82, 2.24) is 5.32 Å². The maximum Gasteiger partial charge on any atom is 0.334 e. The monoisotopic (exact) mass is 297 g/mol. The zero-order valence-corrected chi connectivity index (χ0v) is 11.6. The maximum absolute atomic E-state index is 13.4. The van der Waals surface area contributed by atoms with Crippen molar-refractivity contribution in [2.75, 3.05) is 20.8 Å². The molecule has 0 saturated heterocycles. The first-order valence-corrected chi connectivity index (χ1v) is 6.03. The molecule has 0 aliphatic carbocycles. The Hall–Kier alpha value is -2.41. The molecule has 1 unspecified atom stereocenters. The largest absolute Gasteiger partial charge is 0.494 e. The molecule has 1 aromatic carbocycles. The minimum absolute atomic E-state index is 0.112. The predicted molar refractivity (Wildman–Crippen MR) is 73.4 cm³/mol. The quantitative estimate of drug-likeness (QED) is 0.735. The van der Waals surface area contributed by atoms with Gasteiger partial charge in [0, 0.05) is 13.2 Å². The van der Waals surface area contributed by atoms with Gasteiger partial charge in [0.05, 0.1) is 13.7 Å². The Labute approximate surface area is 121 Å². The summed E-state index contributed by atoms with van der Waals surface area (Å²) in [5, 5.41) is 11.1. The van der Waals surface area contributed by atoms with E-state index in [4.69, 9.17) is 9.84 Å². The van der Waals surface area contributed by atoms with E-state index < -0.39 is 23.8 Å². The van der Waals surface area contributed by atoms with Crippen molar-refractivity contribution in [1.29, 1.82) is 0 Å². The summed E-state index contributed by atoms with van der Waals surface area (Å²) in [6, 6.07) is 4.25. The van der Waals surface area contributed by atoms with Gasteiger partial charge in [-0.3, -0.25) is 4.79 Å². The summed E-state index contributed by atoms with van der Waals surface area (Å²) in [4.78, 5) is 22.2. The third-order valence-electron chi connectivity index (χ3n) is 2.62. The Kier molecular flexibility index (Phi) is 6.35. The average molecular weight is 297 g/mol. The van der Waals surface area contributed by atoms with Crippen molar-refractivity contribution in [2.45, 2.75) is 6.10 Å². The van der Waals surface area contributed by atoms with Crippen LogP contribution in [-0.2, 0) is 14.3 Å². The lowest BCUT2D eigenvalue weighted by Gasteiger charge is -2.10. The van der Waals surface area contributed by atoms with Crippen LogP contribution in [0.5, 0.6) is 5.75 Å². The molecule has 0 fully saturated rings. The molecule has 0 aromatic heterocycles. The standard InChI is InChI=1S/C14H16FNO5/c1-20-11-5-3-9(7-10(11)15)4-6-13(17)16-8-12(21-2)14(18)19/h3-7,12H,8H2,1-2H3,(H,16,17)(H,18,19)/b6-4+. The highest BCUT2D eigenvalue weighted by molar-refractivity contribution is 5.92. The number of hydrogen-bond acceptors (Lipinski definition) is 4. The second-order valence-electron chi connectivity index (χ2n) is 4.04. The third kappa shape index (κ3) is 5.23. The zero-order valence-electron chi connectivity index (χ0n) is 11.6. The van der Waals surface area contributed by atoms with Gasteiger partial charge in [0.25, 0.3) is 0 Å². The van der Waals surface area contributed by atoms with E-state index >= 15 is 0 Å². The van der Waals surface area contributed by atoms with Crippen molar-refractivity contribution < 1.29 is 28.6 Å². The molecule has 1 amide bonds. The van der Waals surface area contributed by atoms with Crippen LogP contribution in [0.4, 0.5) is 4.39 Å². The van der Waals surface area contributed by atoms with E-state index in [1.54, 1.807) is 6.07 Å². The van der Waals surface area contributed by atoms with E-state index in [1.807, 2.05) is 0 Å². The molecule has 0 radical (unpaired) electrons. The van der Waals surface area contributed by atoms with E-state index in [2.05, 4.69) is 10.1 Å². The van der Waals surface area contributed by atoms with Crippen LogP contribution in [0.1, 0.15) is 5.56 Å². The van der Waals surface area contributed by atoms with Gasteiger partial charge in [-0.15, -0.1) is 0 Å². The number of amides is 1. The van der Waals surface area contributed by atoms with Crippen LogP contribution in [0.2, 0.25) is 0 Å². The van der Waals surface area contributed by atoms with Crippen LogP contribution in [0.15, 0.2) is 24.3 Å². The summed E-state index contributed by atoms with van der Waals surface area (Å²) in [6.45, 7) is -0.161. The van der Waals surface area contributed by atoms with Crippen LogP contribution in [0.3, 0.4) is 0 Å². The SMILES string of the molecule is COc1ccc(/C=C/C(=O)NCC(OC)C(=O)O)cc1F. The Bertz CT molecular complexity index is 544. The highest BCUT2D eigenvalue weighted by Gasteiger charge is 2.16. The van der Waals surface area contributed by atoms with Gasteiger partial charge in [0.1, 0.15) is 0 Å². The first-order chi connectivity index (χ1) is 9.97. The number of nitrogens with one attached hydrogen (secondary N) is 1. The predicted octanol–water partition coefficient (Wildman–Crippen LogP) is 1.06. The van der Waals surface area contributed by atoms with Crippen molar-refractivity contribution >= 4 is 18.0 Å². The molecular formula is C14H16FNO5. The van der Waals surface area contributed by atoms with Gasteiger partial charge in [-0.1, -0.05) is 6.07 Å². The number of ether oxygens (including phenoxy) is 2. The first kappa shape index (κ1) is 16.6. The molecule has 21 heavy (non-hydrogen) atoms. The molecule has 0 saturated carbocycles. The van der Waals surface area contributed by atoms with Gasteiger partial charge in [-0.05, 0) is 23.8 Å². The van der Waals surface area contributed by atoms with Gasteiger partial charge in [0.2, 0.25) is 5.91 Å². The van der Waals surface area contributed by atoms with Crippen LogP contribution in [-0.4, -0.2) is 43.9 Å². The molecule has 1 aromatic rings.